The Bertz CT molecular complexity index is 909. The Labute approximate surface area is 156 Å². The smallest absolute Gasteiger partial charge is 0.249 e. The lowest BCUT2D eigenvalue weighted by molar-refractivity contribution is 0.405. The topological polar surface area (TPSA) is 115 Å². The number of rotatable bonds is 6. The predicted octanol–water partition coefficient (Wildman–Crippen LogP) is 1.88. The minimum Gasteiger partial charge on any atom is -0.495 e. The van der Waals surface area contributed by atoms with Crippen LogP contribution in [0.1, 0.15) is 6.42 Å². The number of aromatic nitrogens is 3. The van der Waals surface area contributed by atoms with E-state index in [4.69, 9.17) is 21.1 Å². The van der Waals surface area contributed by atoms with E-state index >= 15 is 0 Å². The van der Waals surface area contributed by atoms with Crippen LogP contribution in [0, 0.1) is 0 Å². The summed E-state index contributed by atoms with van der Waals surface area (Å²) in [5, 5.41) is 14.3. The van der Waals surface area contributed by atoms with Crippen LogP contribution in [-0.2, 0) is 9.84 Å². The SMILES string of the molecule is COc1cc(Nc2nncc(NC3CCS(=O)(=O)C3)n2)c(OC)cc1Cl. The van der Waals surface area contributed by atoms with Crippen molar-refractivity contribution in [3.05, 3.63) is 23.4 Å². The average molecular weight is 400 g/mol. The normalized spacial score (nSPS) is 18.3. The fourth-order valence-corrected chi connectivity index (χ4v) is 4.53. The third-order valence-electron chi connectivity index (χ3n) is 3.86. The van der Waals surface area contributed by atoms with E-state index in [0.717, 1.165) is 0 Å². The van der Waals surface area contributed by atoms with Gasteiger partial charge in [0.1, 0.15) is 11.5 Å². The molecule has 0 saturated carbocycles. The maximum atomic E-state index is 11.6. The highest BCUT2D eigenvalue weighted by molar-refractivity contribution is 7.91. The number of sulfone groups is 1. The monoisotopic (exact) mass is 399 g/mol. The predicted molar refractivity (Wildman–Crippen MR) is 98.3 cm³/mol. The van der Waals surface area contributed by atoms with E-state index in [1.54, 1.807) is 12.1 Å². The Morgan fingerprint density at radius 2 is 2.00 bits per heavy atom. The molecule has 0 radical (unpaired) electrons. The van der Waals surface area contributed by atoms with Gasteiger partial charge in [0.15, 0.2) is 15.7 Å². The van der Waals surface area contributed by atoms with Gasteiger partial charge in [0.25, 0.3) is 0 Å². The van der Waals surface area contributed by atoms with Gasteiger partial charge in [0.05, 0.1) is 42.6 Å². The molecule has 2 heterocycles. The molecule has 0 amide bonds. The summed E-state index contributed by atoms with van der Waals surface area (Å²) in [6.07, 6.45) is 1.98. The van der Waals surface area contributed by atoms with E-state index < -0.39 is 9.84 Å². The molecule has 1 aromatic heterocycles. The molecule has 1 atom stereocenters. The van der Waals surface area contributed by atoms with Gasteiger partial charge in [-0.05, 0) is 6.42 Å². The van der Waals surface area contributed by atoms with Crippen molar-refractivity contribution in [2.45, 2.75) is 12.5 Å². The molecule has 1 unspecified atom stereocenters. The van der Waals surface area contributed by atoms with Crippen molar-refractivity contribution in [3.63, 3.8) is 0 Å². The van der Waals surface area contributed by atoms with Crippen molar-refractivity contribution in [2.75, 3.05) is 36.4 Å². The molecule has 140 valence electrons. The van der Waals surface area contributed by atoms with E-state index in [0.29, 0.717) is 34.4 Å². The molecule has 2 aromatic rings. The third kappa shape index (κ3) is 4.25. The number of ether oxygens (including phenoxy) is 2. The van der Waals surface area contributed by atoms with Crippen LogP contribution < -0.4 is 20.1 Å². The van der Waals surface area contributed by atoms with Gasteiger partial charge >= 0.3 is 0 Å². The number of hydrogen-bond acceptors (Lipinski definition) is 9. The van der Waals surface area contributed by atoms with Gasteiger partial charge in [0.2, 0.25) is 5.95 Å². The van der Waals surface area contributed by atoms with Crippen LogP contribution in [0.5, 0.6) is 11.5 Å². The number of nitrogens with one attached hydrogen (secondary N) is 2. The first-order valence-electron chi connectivity index (χ1n) is 7.75. The third-order valence-corrected chi connectivity index (χ3v) is 5.93. The molecular weight excluding hydrogens is 382 g/mol. The Morgan fingerprint density at radius 3 is 2.65 bits per heavy atom. The molecule has 1 aliphatic rings. The summed E-state index contributed by atoms with van der Waals surface area (Å²) in [5.74, 6) is 1.87. The summed E-state index contributed by atoms with van der Waals surface area (Å²) in [6, 6.07) is 3.09. The molecule has 0 aliphatic carbocycles. The molecule has 2 N–H and O–H groups in total. The highest BCUT2D eigenvalue weighted by atomic mass is 35.5. The molecular formula is C15H18ClN5O4S. The van der Waals surface area contributed by atoms with Crippen molar-refractivity contribution < 1.29 is 17.9 Å². The fourth-order valence-electron chi connectivity index (χ4n) is 2.62. The maximum Gasteiger partial charge on any atom is 0.249 e. The molecule has 1 fully saturated rings. The zero-order valence-electron chi connectivity index (χ0n) is 14.2. The van der Waals surface area contributed by atoms with Crippen LogP contribution in [-0.4, -0.2) is 55.4 Å². The first-order valence-corrected chi connectivity index (χ1v) is 9.95. The molecule has 0 bridgehead atoms. The Balaban J connectivity index is 1.79. The summed E-state index contributed by atoms with van der Waals surface area (Å²) >= 11 is 6.09. The molecule has 26 heavy (non-hydrogen) atoms. The molecule has 1 saturated heterocycles. The standard InChI is InChI=1S/C15H18ClN5O4S/c1-24-12-6-11(13(25-2)5-10(12)16)19-15-20-14(7-17-21-15)18-9-3-4-26(22,23)8-9/h5-7,9H,3-4,8H2,1-2H3,(H2,18,19,20,21). The van der Waals surface area contributed by atoms with Crippen LogP contribution in [0.25, 0.3) is 0 Å². The molecule has 1 aromatic carbocycles. The van der Waals surface area contributed by atoms with E-state index in [1.807, 2.05) is 0 Å². The lowest BCUT2D eigenvalue weighted by Gasteiger charge is -2.14. The Hall–Kier alpha value is -2.33. The Morgan fingerprint density at radius 1 is 1.23 bits per heavy atom. The first kappa shape index (κ1) is 18.5. The lowest BCUT2D eigenvalue weighted by Crippen LogP contribution is -2.21. The fraction of sp³-hybridized carbons (Fsp3) is 0.400. The van der Waals surface area contributed by atoms with Gasteiger partial charge in [-0.1, -0.05) is 11.6 Å². The second kappa shape index (κ2) is 7.50. The van der Waals surface area contributed by atoms with E-state index in [9.17, 15) is 8.42 Å². The van der Waals surface area contributed by atoms with Gasteiger partial charge in [-0.15, -0.1) is 5.10 Å². The summed E-state index contributed by atoms with van der Waals surface area (Å²) in [6.45, 7) is 0. The number of anilines is 3. The van der Waals surface area contributed by atoms with E-state index in [-0.39, 0.29) is 23.5 Å². The highest BCUT2D eigenvalue weighted by Crippen LogP contribution is 2.36. The summed E-state index contributed by atoms with van der Waals surface area (Å²) in [5.41, 5.74) is 0.552. The van der Waals surface area contributed by atoms with Crippen LogP contribution in [0.3, 0.4) is 0 Å². The summed E-state index contributed by atoms with van der Waals surface area (Å²) in [7, 11) is 0.0446. The number of methoxy groups -OCH3 is 2. The van der Waals surface area contributed by atoms with Crippen LogP contribution in [0.15, 0.2) is 18.3 Å². The molecule has 1 aliphatic heterocycles. The van der Waals surface area contributed by atoms with Gasteiger partial charge in [-0.3, -0.25) is 0 Å². The summed E-state index contributed by atoms with van der Waals surface area (Å²) in [4.78, 5) is 4.31. The lowest BCUT2D eigenvalue weighted by atomic mass is 10.2. The van der Waals surface area contributed by atoms with Crippen LogP contribution >= 0.6 is 11.6 Å². The maximum absolute atomic E-state index is 11.6. The van der Waals surface area contributed by atoms with E-state index in [2.05, 4.69) is 25.8 Å². The quantitative estimate of drug-likeness (QED) is 0.750. The van der Waals surface area contributed by atoms with Gasteiger partial charge in [-0.2, -0.15) is 10.1 Å². The highest BCUT2D eigenvalue weighted by Gasteiger charge is 2.28. The van der Waals surface area contributed by atoms with E-state index in [1.165, 1.54) is 20.4 Å². The molecule has 3 rings (SSSR count). The minimum absolute atomic E-state index is 0.0853. The number of nitrogens with zero attached hydrogens (tertiary/aromatic N) is 3. The van der Waals surface area contributed by atoms with Crippen molar-refractivity contribution in [1.29, 1.82) is 0 Å². The van der Waals surface area contributed by atoms with Gasteiger partial charge in [0, 0.05) is 18.2 Å². The van der Waals surface area contributed by atoms with Crippen molar-refractivity contribution >= 4 is 38.9 Å². The second-order valence-electron chi connectivity index (χ2n) is 5.72. The molecule has 9 nitrogen and oxygen atoms in total. The second-order valence-corrected chi connectivity index (χ2v) is 8.36. The van der Waals surface area contributed by atoms with Gasteiger partial charge in [-0.25, -0.2) is 8.42 Å². The zero-order chi connectivity index (χ0) is 18.7. The summed E-state index contributed by atoms with van der Waals surface area (Å²) < 4.78 is 33.6. The van der Waals surface area contributed by atoms with Crippen molar-refractivity contribution in [3.8, 4) is 11.5 Å². The van der Waals surface area contributed by atoms with Gasteiger partial charge < -0.3 is 20.1 Å². The number of benzene rings is 1. The number of hydrogen-bond donors (Lipinski definition) is 2. The van der Waals surface area contributed by atoms with Crippen molar-refractivity contribution in [2.24, 2.45) is 0 Å². The number of halogens is 1. The van der Waals surface area contributed by atoms with Crippen LogP contribution in [0.4, 0.5) is 17.5 Å². The Kier molecular flexibility index (Phi) is 5.33. The molecule has 11 heteroatoms. The van der Waals surface area contributed by atoms with Crippen LogP contribution in [0.2, 0.25) is 5.02 Å². The largest absolute Gasteiger partial charge is 0.495 e. The average Bonchev–Trinajstić information content (AvgIpc) is 2.95. The zero-order valence-corrected chi connectivity index (χ0v) is 15.8. The molecule has 0 spiro atoms. The first-order chi connectivity index (χ1) is 12.4. The minimum atomic E-state index is -2.98. The van der Waals surface area contributed by atoms with Crippen molar-refractivity contribution in [1.82, 2.24) is 15.2 Å².